The van der Waals surface area contributed by atoms with Crippen molar-refractivity contribution >= 4 is 33.3 Å². The van der Waals surface area contributed by atoms with Crippen molar-refractivity contribution in [2.45, 2.75) is 6.92 Å². The Morgan fingerprint density at radius 3 is 2.74 bits per heavy atom. The van der Waals surface area contributed by atoms with Gasteiger partial charge in [0.15, 0.2) is 12.4 Å². The number of halogens is 2. The van der Waals surface area contributed by atoms with Crippen molar-refractivity contribution in [2.24, 2.45) is 0 Å². The lowest BCUT2D eigenvalue weighted by atomic mass is 10.1. The summed E-state index contributed by atoms with van der Waals surface area (Å²) in [6, 6.07) is 12.5. The number of carbonyl (C=O) groups is 1. The first-order valence-corrected chi connectivity index (χ1v) is 6.91. The van der Waals surface area contributed by atoms with Crippen molar-refractivity contribution in [3.05, 3.63) is 63.1 Å². The van der Waals surface area contributed by atoms with Crippen LogP contribution in [0, 0.1) is 6.92 Å². The van der Waals surface area contributed by atoms with Crippen molar-refractivity contribution in [3.63, 3.8) is 0 Å². The number of carbonyl (C=O) groups excluding carboxylic acids is 1. The average molecular weight is 340 g/mol. The summed E-state index contributed by atoms with van der Waals surface area (Å²) in [7, 11) is 0. The Labute approximate surface area is 125 Å². The smallest absolute Gasteiger partial charge is 0.200 e. The monoisotopic (exact) mass is 338 g/mol. The molecular weight excluding hydrogens is 328 g/mol. The fraction of sp³-hybridized carbons (Fsp3) is 0.133. The molecule has 0 N–H and O–H groups in total. The molecule has 0 radical (unpaired) electrons. The summed E-state index contributed by atoms with van der Waals surface area (Å²) in [5.41, 5.74) is 1.62. The topological polar surface area (TPSA) is 26.3 Å². The summed E-state index contributed by atoms with van der Waals surface area (Å²) >= 11 is 9.26. The highest BCUT2D eigenvalue weighted by atomic mass is 79.9. The van der Waals surface area contributed by atoms with Gasteiger partial charge in [-0.25, -0.2) is 0 Å². The zero-order chi connectivity index (χ0) is 13.8. The zero-order valence-corrected chi connectivity index (χ0v) is 12.7. The highest BCUT2D eigenvalue weighted by Gasteiger charge is 2.07. The van der Waals surface area contributed by atoms with Crippen LogP contribution in [0.1, 0.15) is 15.9 Å². The van der Waals surface area contributed by atoms with Crippen molar-refractivity contribution < 1.29 is 9.53 Å². The molecule has 2 nitrogen and oxygen atoms in total. The molecule has 0 fully saturated rings. The average Bonchev–Trinajstić information content (AvgIpc) is 2.40. The number of benzene rings is 2. The van der Waals surface area contributed by atoms with Crippen LogP contribution < -0.4 is 4.74 Å². The van der Waals surface area contributed by atoms with E-state index in [0.29, 0.717) is 16.3 Å². The molecule has 2 aromatic carbocycles. The van der Waals surface area contributed by atoms with Crippen molar-refractivity contribution in [2.75, 3.05) is 6.61 Å². The van der Waals surface area contributed by atoms with Gasteiger partial charge in [-0.15, -0.1) is 0 Å². The second kappa shape index (κ2) is 6.22. The Morgan fingerprint density at radius 2 is 2.05 bits per heavy atom. The molecule has 0 saturated carbocycles. The fourth-order valence-corrected chi connectivity index (χ4v) is 2.04. The van der Waals surface area contributed by atoms with Gasteiger partial charge in [-0.2, -0.15) is 0 Å². The summed E-state index contributed by atoms with van der Waals surface area (Å²) in [5.74, 6) is 0.583. The van der Waals surface area contributed by atoms with Crippen molar-refractivity contribution in [1.82, 2.24) is 0 Å². The van der Waals surface area contributed by atoms with E-state index in [2.05, 4.69) is 15.9 Å². The quantitative estimate of drug-likeness (QED) is 0.757. The Balaban J connectivity index is 2.02. The molecule has 0 aromatic heterocycles. The Hall–Kier alpha value is -1.32. The number of ketones is 1. The van der Waals surface area contributed by atoms with E-state index >= 15 is 0 Å². The van der Waals surface area contributed by atoms with Gasteiger partial charge >= 0.3 is 0 Å². The molecule has 4 heteroatoms. The second-order valence-electron chi connectivity index (χ2n) is 4.13. The normalized spacial score (nSPS) is 10.3. The number of hydrogen-bond acceptors (Lipinski definition) is 2. The van der Waals surface area contributed by atoms with Crippen LogP contribution in [0.25, 0.3) is 0 Å². The number of Topliss-reactive ketones (excluding diaryl/α,β-unsaturated/α-hetero) is 1. The van der Waals surface area contributed by atoms with Gasteiger partial charge in [0.25, 0.3) is 0 Å². The van der Waals surface area contributed by atoms with Crippen LogP contribution in [-0.4, -0.2) is 12.4 Å². The van der Waals surface area contributed by atoms with Crippen molar-refractivity contribution in [1.29, 1.82) is 0 Å². The predicted octanol–water partition coefficient (Wildman–Crippen LogP) is 4.67. The largest absolute Gasteiger partial charge is 0.485 e. The highest BCUT2D eigenvalue weighted by molar-refractivity contribution is 9.10. The molecule has 0 bridgehead atoms. The van der Waals surface area contributed by atoms with E-state index in [1.807, 2.05) is 25.1 Å². The lowest BCUT2D eigenvalue weighted by Crippen LogP contribution is -2.11. The van der Waals surface area contributed by atoms with E-state index < -0.39 is 0 Å². The first-order valence-electron chi connectivity index (χ1n) is 5.74. The van der Waals surface area contributed by atoms with Gasteiger partial charge in [0, 0.05) is 15.1 Å². The minimum absolute atomic E-state index is 0.00140. The van der Waals surface area contributed by atoms with Gasteiger partial charge in [0.2, 0.25) is 0 Å². The van der Waals surface area contributed by atoms with Crippen LogP contribution in [0.4, 0.5) is 0 Å². The minimum atomic E-state index is -0.0944. The number of hydrogen-bond donors (Lipinski definition) is 0. The van der Waals surface area contributed by atoms with Gasteiger partial charge < -0.3 is 4.74 Å². The first kappa shape index (κ1) is 14.1. The summed E-state index contributed by atoms with van der Waals surface area (Å²) in [4.78, 5) is 11.9. The van der Waals surface area contributed by atoms with E-state index in [0.717, 1.165) is 10.0 Å². The zero-order valence-electron chi connectivity index (χ0n) is 10.3. The predicted molar refractivity (Wildman–Crippen MR) is 80.2 cm³/mol. The van der Waals surface area contributed by atoms with Crippen LogP contribution in [-0.2, 0) is 0 Å². The van der Waals surface area contributed by atoms with Crippen molar-refractivity contribution in [3.8, 4) is 5.75 Å². The molecule has 19 heavy (non-hydrogen) atoms. The summed E-state index contributed by atoms with van der Waals surface area (Å²) < 4.78 is 6.50. The maximum atomic E-state index is 11.9. The van der Waals surface area contributed by atoms with E-state index in [1.54, 1.807) is 24.3 Å². The van der Waals surface area contributed by atoms with Gasteiger partial charge in [0.05, 0.1) is 0 Å². The minimum Gasteiger partial charge on any atom is -0.485 e. The maximum absolute atomic E-state index is 11.9. The third-order valence-electron chi connectivity index (χ3n) is 2.65. The van der Waals surface area contributed by atoms with E-state index in [4.69, 9.17) is 16.3 Å². The van der Waals surface area contributed by atoms with Gasteiger partial charge in [-0.1, -0.05) is 39.7 Å². The molecule has 2 rings (SSSR count). The lowest BCUT2D eigenvalue weighted by Gasteiger charge is -2.07. The first-order chi connectivity index (χ1) is 9.06. The number of ether oxygens (including phenoxy) is 1. The van der Waals surface area contributed by atoms with E-state index in [1.165, 1.54) is 0 Å². The van der Waals surface area contributed by atoms with Crippen LogP contribution in [0.15, 0.2) is 46.9 Å². The van der Waals surface area contributed by atoms with Crippen LogP contribution in [0.2, 0.25) is 5.02 Å². The standard InChI is InChI=1S/C15H12BrClO2/c1-10-7-13(5-6-14(10)16)19-9-15(18)11-3-2-4-12(17)8-11/h2-8H,9H2,1H3. The summed E-state index contributed by atoms with van der Waals surface area (Å²) in [6.07, 6.45) is 0. The number of aryl methyl sites for hydroxylation is 1. The third kappa shape index (κ3) is 3.82. The summed E-state index contributed by atoms with van der Waals surface area (Å²) in [6.45, 7) is 1.97. The molecule has 0 heterocycles. The van der Waals surface area contributed by atoms with E-state index in [9.17, 15) is 4.79 Å². The van der Waals surface area contributed by atoms with Gasteiger partial charge in [-0.05, 0) is 42.8 Å². The Kier molecular flexibility index (Phi) is 4.61. The molecule has 0 saturated heterocycles. The van der Waals surface area contributed by atoms with Crippen LogP contribution >= 0.6 is 27.5 Å². The van der Waals surface area contributed by atoms with Crippen LogP contribution in [0.3, 0.4) is 0 Å². The molecule has 0 amide bonds. The molecule has 0 aliphatic carbocycles. The molecule has 0 atom stereocenters. The lowest BCUT2D eigenvalue weighted by molar-refractivity contribution is 0.0921. The maximum Gasteiger partial charge on any atom is 0.200 e. The van der Waals surface area contributed by atoms with Crippen LogP contribution in [0.5, 0.6) is 5.75 Å². The molecular formula is C15H12BrClO2. The van der Waals surface area contributed by atoms with Gasteiger partial charge in [-0.3, -0.25) is 4.79 Å². The molecule has 0 unspecified atom stereocenters. The van der Waals surface area contributed by atoms with E-state index in [-0.39, 0.29) is 12.4 Å². The third-order valence-corrected chi connectivity index (χ3v) is 3.77. The Bertz CT molecular complexity index is 611. The second-order valence-corrected chi connectivity index (χ2v) is 5.42. The molecule has 0 aliphatic heterocycles. The fourth-order valence-electron chi connectivity index (χ4n) is 1.60. The molecule has 2 aromatic rings. The SMILES string of the molecule is Cc1cc(OCC(=O)c2cccc(Cl)c2)ccc1Br. The molecule has 98 valence electrons. The molecule has 0 aliphatic rings. The highest BCUT2D eigenvalue weighted by Crippen LogP contribution is 2.21. The molecule has 0 spiro atoms. The summed E-state index contributed by atoms with van der Waals surface area (Å²) in [5, 5.41) is 0.547. The van der Waals surface area contributed by atoms with Gasteiger partial charge in [0.1, 0.15) is 5.75 Å². The number of rotatable bonds is 4. The Morgan fingerprint density at radius 1 is 1.26 bits per heavy atom.